The SMILES string of the molecule is O=C(O)CN(CC(=O)O)C(=O)CCC1(CCC(=O)N(CC(=O)O)CC(=O)O)C23C=Cc4cc5c6c7c4C21c1c2c4c(cc8ccc9cc(c6c6c9c8c4c6c17)C5)CC2=C3. The molecule has 7 aromatic carbocycles. The van der Waals surface area contributed by atoms with Gasteiger partial charge >= 0.3 is 23.9 Å². The zero-order valence-electron chi connectivity index (χ0n) is 31.3. The molecule has 1 fully saturated rings. The van der Waals surface area contributed by atoms with Crippen molar-refractivity contribution in [2.45, 2.75) is 43.9 Å². The van der Waals surface area contributed by atoms with Crippen molar-refractivity contribution in [3.05, 3.63) is 81.4 Å². The average Bonchev–Trinajstić information content (AvgIpc) is 3.69. The van der Waals surface area contributed by atoms with Crippen molar-refractivity contribution >= 4 is 112 Å². The lowest BCUT2D eigenvalue weighted by Crippen LogP contribution is -2.40. The minimum absolute atomic E-state index is 0.164. The van der Waals surface area contributed by atoms with E-state index in [-0.39, 0.29) is 25.7 Å². The van der Waals surface area contributed by atoms with Crippen LogP contribution in [0.1, 0.15) is 64.6 Å². The number of amides is 2. The van der Waals surface area contributed by atoms with Gasteiger partial charge in [0, 0.05) is 29.1 Å². The maximum Gasteiger partial charge on any atom is 0.323 e. The highest BCUT2D eigenvalue weighted by Crippen LogP contribution is 2.92. The number of carbonyl (C=O) groups is 6. The van der Waals surface area contributed by atoms with Crippen LogP contribution in [-0.4, -0.2) is 92.1 Å². The van der Waals surface area contributed by atoms with Gasteiger partial charge in [0.2, 0.25) is 11.8 Å². The van der Waals surface area contributed by atoms with E-state index in [1.54, 1.807) is 0 Å². The fraction of sp³-hybridized carbons (Fsp3) is 0.277. The van der Waals surface area contributed by atoms with Crippen LogP contribution in [0.3, 0.4) is 0 Å². The molecule has 290 valence electrons. The third-order valence-electron chi connectivity index (χ3n) is 15.4. The molecule has 59 heavy (non-hydrogen) atoms. The van der Waals surface area contributed by atoms with Crippen molar-refractivity contribution in [2.24, 2.45) is 10.8 Å². The normalized spacial score (nSPS) is 21.3. The van der Waals surface area contributed by atoms with E-state index in [9.17, 15) is 49.2 Å². The predicted octanol–water partition coefficient (Wildman–Crippen LogP) is 5.95. The first-order valence-electron chi connectivity index (χ1n) is 20.0. The molecule has 0 heterocycles. The number of rotatable bonds is 14. The summed E-state index contributed by atoms with van der Waals surface area (Å²) < 4.78 is 0. The van der Waals surface area contributed by atoms with Gasteiger partial charge in [0.05, 0.1) is 0 Å². The van der Waals surface area contributed by atoms with E-state index in [1.807, 2.05) is 0 Å². The zero-order valence-corrected chi connectivity index (χ0v) is 31.3. The Bertz CT molecular complexity index is 3290. The molecule has 1 saturated carbocycles. The minimum atomic E-state index is -1.34. The second-order valence-electron chi connectivity index (χ2n) is 17.7. The van der Waals surface area contributed by atoms with E-state index >= 15 is 0 Å². The lowest BCUT2D eigenvalue weighted by molar-refractivity contribution is -0.149. The van der Waals surface area contributed by atoms with Crippen molar-refractivity contribution in [2.75, 3.05) is 26.2 Å². The first-order chi connectivity index (χ1) is 28.3. The third-order valence-corrected chi connectivity index (χ3v) is 15.4. The molecule has 2 atom stereocenters. The number of carboxylic acid groups (broad SMARTS) is 4. The van der Waals surface area contributed by atoms with Crippen LogP contribution >= 0.6 is 0 Å². The molecule has 7 aromatic rings. The van der Waals surface area contributed by atoms with Gasteiger partial charge in [0.25, 0.3) is 0 Å². The van der Waals surface area contributed by atoms with Gasteiger partial charge in [-0.25, -0.2) is 0 Å². The van der Waals surface area contributed by atoms with Crippen LogP contribution < -0.4 is 0 Å². The summed E-state index contributed by atoms with van der Waals surface area (Å²) in [4.78, 5) is 77.2. The van der Waals surface area contributed by atoms with Gasteiger partial charge in [-0.1, -0.05) is 48.6 Å². The molecule has 4 N–H and O–H groups in total. The third kappa shape index (κ3) is 3.42. The molecular weight excluding hydrogens is 753 g/mol. The largest absolute Gasteiger partial charge is 0.480 e. The van der Waals surface area contributed by atoms with Crippen LogP contribution in [0.4, 0.5) is 0 Å². The van der Waals surface area contributed by atoms with Crippen molar-refractivity contribution in [1.29, 1.82) is 0 Å². The molecule has 0 bridgehead atoms. The minimum Gasteiger partial charge on any atom is -0.480 e. The van der Waals surface area contributed by atoms with E-state index < -0.39 is 78.1 Å². The van der Waals surface area contributed by atoms with Gasteiger partial charge in [-0.15, -0.1) is 0 Å². The lowest BCUT2D eigenvalue weighted by Gasteiger charge is -2.31. The van der Waals surface area contributed by atoms with Gasteiger partial charge in [-0.05, 0) is 135 Å². The molecule has 13 rings (SSSR count). The van der Waals surface area contributed by atoms with Gasteiger partial charge in [-0.2, -0.15) is 0 Å². The van der Waals surface area contributed by atoms with Crippen LogP contribution in [0.15, 0.2) is 42.5 Å². The Kier molecular flexibility index (Phi) is 5.66. The van der Waals surface area contributed by atoms with Crippen LogP contribution in [0.25, 0.3) is 76.3 Å². The van der Waals surface area contributed by atoms with E-state index in [0.717, 1.165) is 27.3 Å². The first kappa shape index (κ1) is 33.2. The second-order valence-corrected chi connectivity index (χ2v) is 17.7. The van der Waals surface area contributed by atoms with E-state index in [0.29, 0.717) is 6.42 Å². The number of carboxylic acids is 4. The Morgan fingerprint density at radius 3 is 1.63 bits per heavy atom. The number of carbonyl (C=O) groups excluding carboxylic acids is 2. The molecule has 2 unspecified atom stereocenters. The molecule has 1 spiro atoms. The summed E-state index contributed by atoms with van der Waals surface area (Å²) in [5, 5.41) is 53.7. The van der Waals surface area contributed by atoms with Gasteiger partial charge in [0.1, 0.15) is 26.2 Å². The summed E-state index contributed by atoms with van der Waals surface area (Å²) in [6, 6.07) is 11.5. The number of benzene rings is 6. The van der Waals surface area contributed by atoms with Crippen LogP contribution in [0.5, 0.6) is 0 Å². The first-order valence-corrected chi connectivity index (χ1v) is 20.0. The molecule has 2 amide bonds. The summed E-state index contributed by atoms with van der Waals surface area (Å²) in [6.07, 6.45) is 8.17. The van der Waals surface area contributed by atoms with Crippen molar-refractivity contribution in [3.63, 3.8) is 0 Å². The number of hydrogen-bond acceptors (Lipinski definition) is 6. The van der Waals surface area contributed by atoms with E-state index in [4.69, 9.17) is 0 Å². The number of nitrogens with zero attached hydrogens (tertiary/aromatic N) is 2. The fourth-order valence-corrected chi connectivity index (χ4v) is 14.0. The van der Waals surface area contributed by atoms with E-state index in [2.05, 4.69) is 48.6 Å². The predicted molar refractivity (Wildman–Crippen MR) is 216 cm³/mol. The van der Waals surface area contributed by atoms with Crippen molar-refractivity contribution < 1.29 is 49.2 Å². The number of hydrogen-bond donors (Lipinski definition) is 4. The van der Waals surface area contributed by atoms with Crippen molar-refractivity contribution in [1.82, 2.24) is 9.80 Å². The highest BCUT2D eigenvalue weighted by Gasteiger charge is 2.88. The molecular formula is C47H32N2O10. The highest BCUT2D eigenvalue weighted by atomic mass is 16.4. The van der Waals surface area contributed by atoms with E-state index in [1.165, 1.54) is 98.0 Å². The highest BCUT2D eigenvalue weighted by molar-refractivity contribution is 6.52. The molecule has 0 radical (unpaired) electrons. The maximum atomic E-state index is 14.1. The summed E-state index contributed by atoms with van der Waals surface area (Å²) in [6.45, 7) is -3.15. The maximum absolute atomic E-state index is 14.1. The zero-order chi connectivity index (χ0) is 40.4. The van der Waals surface area contributed by atoms with Crippen LogP contribution in [0, 0.1) is 10.8 Å². The number of allylic oxidation sites excluding steroid dienone is 3. The molecule has 0 saturated heterocycles. The smallest absolute Gasteiger partial charge is 0.323 e. The number of aliphatic carboxylic acids is 4. The summed E-state index contributed by atoms with van der Waals surface area (Å²) in [5.41, 5.74) is 7.23. The Balaban J connectivity index is 1.09. The average molecular weight is 785 g/mol. The van der Waals surface area contributed by atoms with Crippen LogP contribution in [-0.2, 0) is 47.0 Å². The Morgan fingerprint density at radius 2 is 1.05 bits per heavy atom. The standard InChI is InChI=1S/C47H32N2O10/c50-26(48(15-28(52)53)16-29(54)55)4-7-45(8-5-27(51)49(17-30(56)57)18-31(58)59)46-6-3-21-11-24-12-22-9-19-1-2-20-10-23-13-25(14-46)37-36(23)39-33(20)32(19)38-34(22)35(24)41-42(40(38)39)44(37)47(45,46)43(21)41/h1-3,6,9-11,14H,4-5,7-8,12-13,15-18H2,(H,52,53)(H,54,55)(H,56,57)(H,58,59). The Morgan fingerprint density at radius 1 is 0.559 bits per heavy atom. The van der Waals surface area contributed by atoms with Gasteiger partial charge in [0.15, 0.2) is 0 Å². The Hall–Kier alpha value is -6.82. The monoisotopic (exact) mass is 784 g/mol. The second kappa shape index (κ2) is 10.1. The van der Waals surface area contributed by atoms with Gasteiger partial charge in [-0.3, -0.25) is 28.8 Å². The lowest BCUT2D eigenvalue weighted by atomic mass is 9.71. The molecule has 6 aliphatic rings. The molecule has 6 aliphatic carbocycles. The molecule has 0 aliphatic heterocycles. The molecule has 0 aromatic heterocycles. The van der Waals surface area contributed by atoms with Gasteiger partial charge < -0.3 is 30.2 Å². The molecule has 12 nitrogen and oxygen atoms in total. The fourth-order valence-electron chi connectivity index (χ4n) is 14.0. The Labute approximate surface area is 332 Å². The quantitative estimate of drug-likeness (QED) is 0.0960. The summed E-state index contributed by atoms with van der Waals surface area (Å²) in [5.74, 6) is -6.64. The molecule has 12 heteroatoms. The van der Waals surface area contributed by atoms with Crippen molar-refractivity contribution in [3.8, 4) is 0 Å². The van der Waals surface area contributed by atoms with Crippen LogP contribution in [0.2, 0.25) is 0 Å². The topological polar surface area (TPSA) is 190 Å². The summed E-state index contributed by atoms with van der Waals surface area (Å²) in [7, 11) is 0. The summed E-state index contributed by atoms with van der Waals surface area (Å²) >= 11 is 0.